The third-order valence-corrected chi connectivity index (χ3v) is 2.07. The number of pyridine rings is 1. The number of aliphatic imine (C=N–C) groups is 1. The van der Waals surface area contributed by atoms with Crippen molar-refractivity contribution in [3.63, 3.8) is 0 Å². The average molecular weight is 364 g/mol. The summed E-state index contributed by atoms with van der Waals surface area (Å²) in [5.41, 5.74) is 0.955. The molecule has 0 radical (unpaired) electrons. The molecule has 1 rings (SSSR count). The third-order valence-electron chi connectivity index (χ3n) is 2.07. The number of methoxy groups -OCH3 is 1. The molecular weight excluding hydrogens is 343 g/mol. The molecule has 0 saturated carbocycles. The fourth-order valence-corrected chi connectivity index (χ4v) is 1.26. The first-order valence-electron chi connectivity index (χ1n) is 5.78. The van der Waals surface area contributed by atoms with E-state index in [0.29, 0.717) is 13.2 Å². The highest BCUT2D eigenvalue weighted by atomic mass is 127. The molecule has 0 unspecified atom stereocenters. The van der Waals surface area contributed by atoms with Crippen LogP contribution in [0.5, 0.6) is 0 Å². The molecular formula is C12H21IN4O. The molecule has 18 heavy (non-hydrogen) atoms. The van der Waals surface area contributed by atoms with Crippen molar-refractivity contribution in [3.8, 4) is 0 Å². The van der Waals surface area contributed by atoms with Gasteiger partial charge in [-0.25, -0.2) is 4.99 Å². The van der Waals surface area contributed by atoms with E-state index in [1.54, 1.807) is 13.3 Å². The van der Waals surface area contributed by atoms with Gasteiger partial charge in [-0.15, -0.1) is 24.0 Å². The molecule has 0 aliphatic heterocycles. The number of ether oxygens (including phenoxy) is 1. The monoisotopic (exact) mass is 364 g/mol. The van der Waals surface area contributed by atoms with Gasteiger partial charge in [-0.2, -0.15) is 0 Å². The lowest BCUT2D eigenvalue weighted by Gasteiger charge is -2.10. The van der Waals surface area contributed by atoms with Crippen LogP contribution in [0.25, 0.3) is 0 Å². The van der Waals surface area contributed by atoms with Crippen LogP contribution in [0.15, 0.2) is 29.4 Å². The topological polar surface area (TPSA) is 58.5 Å². The standard InChI is InChI=1S/C12H20N4O.HI/c1-3-13-12(15-8-9-17-2)16-10-11-6-4-5-7-14-11;/h4-7H,3,8-10H2,1-2H3,(H2,13,15,16);1H. The Hall–Kier alpha value is -0.890. The summed E-state index contributed by atoms with van der Waals surface area (Å²) in [4.78, 5) is 8.65. The quantitative estimate of drug-likeness (QED) is 0.347. The zero-order valence-corrected chi connectivity index (χ0v) is 13.2. The summed E-state index contributed by atoms with van der Waals surface area (Å²) in [5, 5.41) is 6.35. The molecule has 0 atom stereocenters. The Morgan fingerprint density at radius 1 is 1.39 bits per heavy atom. The Balaban J connectivity index is 0.00000289. The number of nitrogens with one attached hydrogen (secondary N) is 2. The summed E-state index contributed by atoms with van der Waals surface area (Å²) in [6, 6.07) is 5.82. The van der Waals surface area contributed by atoms with E-state index < -0.39 is 0 Å². The van der Waals surface area contributed by atoms with Crippen molar-refractivity contribution in [1.29, 1.82) is 0 Å². The summed E-state index contributed by atoms with van der Waals surface area (Å²) in [7, 11) is 1.68. The molecule has 0 spiro atoms. The van der Waals surface area contributed by atoms with E-state index in [1.165, 1.54) is 0 Å². The van der Waals surface area contributed by atoms with Crippen molar-refractivity contribution in [2.24, 2.45) is 4.99 Å². The molecule has 0 aliphatic rings. The Morgan fingerprint density at radius 3 is 2.83 bits per heavy atom. The fraction of sp³-hybridized carbons (Fsp3) is 0.500. The molecule has 1 aromatic heterocycles. The van der Waals surface area contributed by atoms with Gasteiger partial charge in [-0.1, -0.05) is 6.07 Å². The first-order chi connectivity index (χ1) is 8.36. The summed E-state index contributed by atoms with van der Waals surface area (Å²) in [6.07, 6.45) is 1.77. The second-order valence-electron chi connectivity index (χ2n) is 3.44. The maximum Gasteiger partial charge on any atom is 0.191 e. The van der Waals surface area contributed by atoms with Crippen molar-refractivity contribution in [2.45, 2.75) is 13.5 Å². The van der Waals surface area contributed by atoms with Crippen LogP contribution in [0, 0.1) is 0 Å². The van der Waals surface area contributed by atoms with Crippen molar-refractivity contribution in [1.82, 2.24) is 15.6 Å². The lowest BCUT2D eigenvalue weighted by molar-refractivity contribution is 0.203. The van der Waals surface area contributed by atoms with Gasteiger partial charge in [0.1, 0.15) is 0 Å². The van der Waals surface area contributed by atoms with Gasteiger partial charge < -0.3 is 15.4 Å². The molecule has 2 N–H and O–H groups in total. The van der Waals surface area contributed by atoms with E-state index in [2.05, 4.69) is 20.6 Å². The van der Waals surface area contributed by atoms with Crippen LogP contribution in [-0.4, -0.2) is 37.7 Å². The third kappa shape index (κ3) is 7.44. The highest BCUT2D eigenvalue weighted by Gasteiger charge is 1.96. The van der Waals surface area contributed by atoms with Gasteiger partial charge in [0.05, 0.1) is 18.8 Å². The maximum atomic E-state index is 4.98. The van der Waals surface area contributed by atoms with Gasteiger partial charge in [0.25, 0.3) is 0 Å². The predicted octanol–water partition coefficient (Wildman–Crippen LogP) is 1.40. The van der Waals surface area contributed by atoms with Crippen LogP contribution in [-0.2, 0) is 11.3 Å². The Bertz CT molecular complexity index is 332. The van der Waals surface area contributed by atoms with Gasteiger partial charge >= 0.3 is 0 Å². The number of hydrogen-bond acceptors (Lipinski definition) is 3. The molecule has 6 heteroatoms. The zero-order chi connectivity index (χ0) is 12.3. The first-order valence-corrected chi connectivity index (χ1v) is 5.78. The second kappa shape index (κ2) is 11.2. The molecule has 102 valence electrons. The summed E-state index contributed by atoms with van der Waals surface area (Å²) < 4.78 is 4.98. The minimum absolute atomic E-state index is 0. The zero-order valence-electron chi connectivity index (χ0n) is 10.8. The Kier molecular flexibility index (Phi) is 10.7. The van der Waals surface area contributed by atoms with Crippen LogP contribution >= 0.6 is 24.0 Å². The van der Waals surface area contributed by atoms with Crippen LogP contribution in [0.1, 0.15) is 12.6 Å². The minimum Gasteiger partial charge on any atom is -0.383 e. The van der Waals surface area contributed by atoms with E-state index in [0.717, 1.165) is 24.7 Å². The second-order valence-corrected chi connectivity index (χ2v) is 3.44. The molecule has 0 fully saturated rings. The first kappa shape index (κ1) is 17.1. The van der Waals surface area contributed by atoms with E-state index in [1.807, 2.05) is 25.1 Å². The lowest BCUT2D eigenvalue weighted by atomic mass is 10.3. The van der Waals surface area contributed by atoms with Gasteiger partial charge in [0.2, 0.25) is 0 Å². The molecule has 0 aromatic carbocycles. The number of guanidine groups is 1. The molecule has 0 amide bonds. The van der Waals surface area contributed by atoms with Gasteiger partial charge in [0.15, 0.2) is 5.96 Å². The number of halogens is 1. The molecule has 0 aliphatic carbocycles. The lowest BCUT2D eigenvalue weighted by Crippen LogP contribution is -2.38. The largest absolute Gasteiger partial charge is 0.383 e. The number of nitrogens with zero attached hydrogens (tertiary/aromatic N) is 2. The smallest absolute Gasteiger partial charge is 0.191 e. The Labute approximate surface area is 125 Å². The van der Waals surface area contributed by atoms with Crippen LogP contribution in [0.2, 0.25) is 0 Å². The van der Waals surface area contributed by atoms with E-state index in [4.69, 9.17) is 4.74 Å². The van der Waals surface area contributed by atoms with Crippen LogP contribution in [0.3, 0.4) is 0 Å². The minimum atomic E-state index is 0. The van der Waals surface area contributed by atoms with Crippen molar-refractivity contribution in [2.75, 3.05) is 26.8 Å². The molecule has 1 heterocycles. The highest BCUT2D eigenvalue weighted by molar-refractivity contribution is 14.0. The van der Waals surface area contributed by atoms with Gasteiger partial charge in [-0.3, -0.25) is 4.98 Å². The molecule has 1 aromatic rings. The summed E-state index contributed by atoms with van der Waals surface area (Å²) >= 11 is 0. The van der Waals surface area contributed by atoms with E-state index >= 15 is 0 Å². The van der Waals surface area contributed by atoms with Gasteiger partial charge in [-0.05, 0) is 19.1 Å². The summed E-state index contributed by atoms with van der Waals surface area (Å²) in [5.74, 6) is 0.787. The predicted molar refractivity (Wildman–Crippen MR) is 84.3 cm³/mol. The van der Waals surface area contributed by atoms with Gasteiger partial charge in [0, 0.05) is 26.4 Å². The number of rotatable bonds is 6. The van der Waals surface area contributed by atoms with Crippen molar-refractivity contribution >= 4 is 29.9 Å². The van der Waals surface area contributed by atoms with Crippen molar-refractivity contribution in [3.05, 3.63) is 30.1 Å². The fourth-order valence-electron chi connectivity index (χ4n) is 1.26. The van der Waals surface area contributed by atoms with Crippen LogP contribution in [0.4, 0.5) is 0 Å². The molecule has 0 bridgehead atoms. The molecule has 0 saturated heterocycles. The average Bonchev–Trinajstić information content (AvgIpc) is 2.37. The maximum absolute atomic E-state index is 4.98. The Morgan fingerprint density at radius 2 is 2.22 bits per heavy atom. The SMILES string of the molecule is CCNC(=NCc1ccccn1)NCCOC.I. The number of hydrogen-bond donors (Lipinski definition) is 2. The highest BCUT2D eigenvalue weighted by Crippen LogP contribution is 1.94. The van der Waals surface area contributed by atoms with E-state index in [-0.39, 0.29) is 24.0 Å². The molecule has 5 nitrogen and oxygen atoms in total. The van der Waals surface area contributed by atoms with Crippen molar-refractivity contribution < 1.29 is 4.74 Å². The van der Waals surface area contributed by atoms with Crippen LogP contribution < -0.4 is 10.6 Å². The number of aromatic nitrogens is 1. The summed E-state index contributed by atoms with van der Waals surface area (Å²) in [6.45, 7) is 4.84. The van der Waals surface area contributed by atoms with E-state index in [9.17, 15) is 0 Å². The normalized spacial score (nSPS) is 10.7.